The smallest absolute Gasteiger partial charge is 0.330 e. The summed E-state index contributed by atoms with van der Waals surface area (Å²) in [7, 11) is 0. The van der Waals surface area contributed by atoms with Gasteiger partial charge in [-0.15, -0.1) is 0 Å². The van der Waals surface area contributed by atoms with E-state index in [2.05, 4.69) is 15.9 Å². The minimum absolute atomic E-state index is 0.342. The lowest BCUT2D eigenvalue weighted by Gasteiger charge is -2.14. The molecule has 1 rings (SSSR count). The molecule has 0 aliphatic rings. The van der Waals surface area contributed by atoms with Crippen molar-refractivity contribution in [3.05, 3.63) is 33.8 Å². The van der Waals surface area contributed by atoms with Crippen LogP contribution < -0.4 is 11.5 Å². The van der Waals surface area contributed by atoms with Crippen molar-refractivity contribution in [2.45, 2.75) is 18.6 Å². The van der Waals surface area contributed by atoms with Crippen molar-refractivity contribution in [2.75, 3.05) is 6.54 Å². The van der Waals surface area contributed by atoms with E-state index in [-0.39, 0.29) is 0 Å². The standard InChI is InChI=1S/C10H12BrF3N2/c11-8-4-6(9(16)1-2-15)3-7(5-8)10(12,13)14/h3-5,9H,1-2,15-16H2/t9-/m0/s1. The molecule has 16 heavy (non-hydrogen) atoms. The molecule has 0 unspecified atom stereocenters. The maximum Gasteiger partial charge on any atom is 0.416 e. The van der Waals surface area contributed by atoms with Crippen LogP contribution in [0.1, 0.15) is 23.6 Å². The first-order chi connectivity index (χ1) is 7.34. The number of halogens is 4. The monoisotopic (exact) mass is 296 g/mol. The quantitative estimate of drug-likeness (QED) is 0.901. The minimum Gasteiger partial charge on any atom is -0.330 e. The van der Waals surface area contributed by atoms with Crippen molar-refractivity contribution in [1.29, 1.82) is 0 Å². The van der Waals surface area contributed by atoms with Gasteiger partial charge < -0.3 is 11.5 Å². The van der Waals surface area contributed by atoms with Crippen LogP contribution in [0.25, 0.3) is 0 Å². The lowest BCUT2D eigenvalue weighted by atomic mass is 10.0. The van der Waals surface area contributed by atoms with Crippen LogP contribution in [0, 0.1) is 0 Å². The molecule has 0 spiro atoms. The summed E-state index contributed by atoms with van der Waals surface area (Å²) in [4.78, 5) is 0. The lowest BCUT2D eigenvalue weighted by Crippen LogP contribution is -2.16. The van der Waals surface area contributed by atoms with E-state index >= 15 is 0 Å². The molecule has 0 aliphatic carbocycles. The van der Waals surface area contributed by atoms with Gasteiger partial charge in [-0.2, -0.15) is 13.2 Å². The first-order valence-corrected chi connectivity index (χ1v) is 5.47. The van der Waals surface area contributed by atoms with Gasteiger partial charge in [0.15, 0.2) is 0 Å². The third-order valence-electron chi connectivity index (χ3n) is 2.15. The van der Waals surface area contributed by atoms with E-state index in [0.717, 1.165) is 12.1 Å². The lowest BCUT2D eigenvalue weighted by molar-refractivity contribution is -0.137. The second-order valence-corrected chi connectivity index (χ2v) is 4.37. The van der Waals surface area contributed by atoms with Crippen molar-refractivity contribution >= 4 is 15.9 Å². The average molecular weight is 297 g/mol. The first kappa shape index (κ1) is 13.5. The summed E-state index contributed by atoms with van der Waals surface area (Å²) < 4.78 is 37.9. The van der Waals surface area contributed by atoms with Crippen LogP contribution in [0.5, 0.6) is 0 Å². The van der Waals surface area contributed by atoms with Gasteiger partial charge in [-0.1, -0.05) is 15.9 Å². The Labute approximate surface area is 99.9 Å². The number of rotatable bonds is 3. The van der Waals surface area contributed by atoms with Gasteiger partial charge in [-0.05, 0) is 36.7 Å². The number of nitrogens with two attached hydrogens (primary N) is 2. The predicted molar refractivity (Wildman–Crippen MR) is 59.7 cm³/mol. The summed E-state index contributed by atoms with van der Waals surface area (Å²) in [5.41, 5.74) is 10.8. The third-order valence-corrected chi connectivity index (χ3v) is 2.61. The van der Waals surface area contributed by atoms with Crippen molar-refractivity contribution in [2.24, 2.45) is 11.5 Å². The maximum atomic E-state index is 12.5. The van der Waals surface area contributed by atoms with E-state index in [0.29, 0.717) is 23.0 Å². The Hall–Kier alpha value is -0.590. The highest BCUT2D eigenvalue weighted by atomic mass is 79.9. The summed E-state index contributed by atoms with van der Waals surface area (Å²) >= 11 is 3.04. The summed E-state index contributed by atoms with van der Waals surface area (Å²) in [6, 6.07) is 3.20. The number of hydrogen-bond donors (Lipinski definition) is 2. The van der Waals surface area contributed by atoms with Crippen molar-refractivity contribution in [3.63, 3.8) is 0 Å². The summed E-state index contributed by atoms with van der Waals surface area (Å²) in [6.07, 6.45) is -3.91. The number of benzene rings is 1. The zero-order chi connectivity index (χ0) is 12.3. The Balaban J connectivity index is 3.08. The van der Waals surface area contributed by atoms with E-state index in [4.69, 9.17) is 11.5 Å². The zero-order valence-corrected chi connectivity index (χ0v) is 9.98. The molecule has 90 valence electrons. The van der Waals surface area contributed by atoms with E-state index in [1.54, 1.807) is 6.07 Å². The van der Waals surface area contributed by atoms with Crippen molar-refractivity contribution in [1.82, 2.24) is 0 Å². The number of alkyl halides is 3. The first-order valence-electron chi connectivity index (χ1n) is 4.68. The van der Waals surface area contributed by atoms with Gasteiger partial charge in [-0.3, -0.25) is 0 Å². The normalized spacial score (nSPS) is 13.9. The SMILES string of the molecule is NCC[C@H](N)c1cc(Br)cc(C(F)(F)F)c1. The second-order valence-electron chi connectivity index (χ2n) is 3.45. The molecule has 0 fully saturated rings. The molecule has 0 aromatic heterocycles. The van der Waals surface area contributed by atoms with Crippen LogP contribution in [-0.4, -0.2) is 6.54 Å². The topological polar surface area (TPSA) is 52.0 Å². The van der Waals surface area contributed by atoms with Crippen molar-refractivity contribution < 1.29 is 13.2 Å². The molecule has 0 bridgehead atoms. The highest BCUT2D eigenvalue weighted by molar-refractivity contribution is 9.10. The summed E-state index contributed by atoms with van der Waals surface area (Å²) in [6.45, 7) is 0.342. The second kappa shape index (κ2) is 5.16. The van der Waals surface area contributed by atoms with Crippen LogP contribution in [0.15, 0.2) is 22.7 Å². The molecular formula is C10H12BrF3N2. The molecule has 2 nitrogen and oxygen atoms in total. The van der Waals surface area contributed by atoms with Crippen LogP contribution in [0.4, 0.5) is 13.2 Å². The van der Waals surface area contributed by atoms with Crippen LogP contribution >= 0.6 is 15.9 Å². The minimum atomic E-state index is -4.36. The van der Waals surface area contributed by atoms with Gasteiger partial charge in [0, 0.05) is 10.5 Å². The molecule has 1 atom stereocenters. The number of hydrogen-bond acceptors (Lipinski definition) is 2. The maximum absolute atomic E-state index is 12.5. The Morgan fingerprint density at radius 1 is 1.25 bits per heavy atom. The van der Waals surface area contributed by atoms with Gasteiger partial charge in [0.05, 0.1) is 5.56 Å². The summed E-state index contributed by atoms with van der Waals surface area (Å²) in [5.74, 6) is 0. The van der Waals surface area contributed by atoms with E-state index in [1.165, 1.54) is 0 Å². The van der Waals surface area contributed by atoms with E-state index < -0.39 is 17.8 Å². The van der Waals surface area contributed by atoms with Gasteiger partial charge in [0.25, 0.3) is 0 Å². The van der Waals surface area contributed by atoms with Gasteiger partial charge >= 0.3 is 6.18 Å². The largest absolute Gasteiger partial charge is 0.416 e. The van der Waals surface area contributed by atoms with Gasteiger partial charge in [0.2, 0.25) is 0 Å². The molecule has 0 heterocycles. The fourth-order valence-corrected chi connectivity index (χ4v) is 1.85. The fourth-order valence-electron chi connectivity index (χ4n) is 1.34. The van der Waals surface area contributed by atoms with Crippen LogP contribution in [-0.2, 0) is 6.18 Å². The molecule has 0 aliphatic heterocycles. The van der Waals surface area contributed by atoms with Gasteiger partial charge in [-0.25, -0.2) is 0 Å². The van der Waals surface area contributed by atoms with E-state index in [1.807, 2.05) is 0 Å². The van der Waals surface area contributed by atoms with Crippen LogP contribution in [0.2, 0.25) is 0 Å². The molecule has 0 radical (unpaired) electrons. The Kier molecular flexibility index (Phi) is 4.35. The Morgan fingerprint density at radius 2 is 1.88 bits per heavy atom. The fraction of sp³-hybridized carbons (Fsp3) is 0.400. The highest BCUT2D eigenvalue weighted by Crippen LogP contribution is 2.33. The van der Waals surface area contributed by atoms with Crippen LogP contribution in [0.3, 0.4) is 0 Å². The van der Waals surface area contributed by atoms with Gasteiger partial charge in [0.1, 0.15) is 0 Å². The molecule has 0 saturated carbocycles. The van der Waals surface area contributed by atoms with Crippen molar-refractivity contribution in [3.8, 4) is 0 Å². The highest BCUT2D eigenvalue weighted by Gasteiger charge is 2.31. The molecular weight excluding hydrogens is 285 g/mol. The molecule has 0 amide bonds. The Morgan fingerprint density at radius 3 is 2.38 bits per heavy atom. The molecule has 0 saturated heterocycles. The predicted octanol–water partition coefficient (Wildman–Crippen LogP) is 2.82. The summed E-state index contributed by atoms with van der Waals surface area (Å²) in [5, 5.41) is 0. The zero-order valence-electron chi connectivity index (χ0n) is 8.39. The Bertz CT molecular complexity index is 366. The molecule has 1 aromatic carbocycles. The molecule has 1 aromatic rings. The molecule has 4 N–H and O–H groups in total. The molecule has 6 heteroatoms. The third kappa shape index (κ3) is 3.47. The van der Waals surface area contributed by atoms with E-state index in [9.17, 15) is 13.2 Å². The average Bonchev–Trinajstić information content (AvgIpc) is 2.16.